The van der Waals surface area contributed by atoms with Gasteiger partial charge in [0.2, 0.25) is 15.9 Å². The number of benzene rings is 3. The van der Waals surface area contributed by atoms with Crippen LogP contribution in [0.2, 0.25) is 0 Å². The first kappa shape index (κ1) is 22.5. The fourth-order valence-electron chi connectivity index (χ4n) is 3.08. The van der Waals surface area contributed by atoms with Crippen molar-refractivity contribution in [3.8, 4) is 5.75 Å². The number of amides is 1. The molecule has 3 aromatic rings. The summed E-state index contributed by atoms with van der Waals surface area (Å²) >= 11 is 0. The number of anilines is 1. The number of carbonyl (C=O) groups is 1. The number of ether oxygens (including phenoxy) is 1. The van der Waals surface area contributed by atoms with Crippen molar-refractivity contribution in [1.82, 2.24) is 4.72 Å². The average molecular weight is 439 g/mol. The maximum absolute atomic E-state index is 12.5. The van der Waals surface area contributed by atoms with Crippen LogP contribution in [0.3, 0.4) is 0 Å². The van der Waals surface area contributed by atoms with Crippen LogP contribution in [-0.4, -0.2) is 28.0 Å². The Morgan fingerprint density at radius 1 is 0.871 bits per heavy atom. The number of hydrogen-bond acceptors (Lipinski definition) is 4. The van der Waals surface area contributed by atoms with Crippen molar-refractivity contribution in [2.45, 2.75) is 24.2 Å². The number of nitrogens with one attached hydrogen (secondary N) is 2. The molecule has 0 atom stereocenters. The van der Waals surface area contributed by atoms with E-state index in [4.69, 9.17) is 4.74 Å². The zero-order valence-electron chi connectivity index (χ0n) is 17.4. The van der Waals surface area contributed by atoms with Crippen LogP contribution in [-0.2, 0) is 27.7 Å². The van der Waals surface area contributed by atoms with E-state index < -0.39 is 10.0 Å². The van der Waals surface area contributed by atoms with E-state index in [1.807, 2.05) is 42.5 Å². The van der Waals surface area contributed by atoms with Crippen molar-refractivity contribution < 1.29 is 17.9 Å². The first-order valence-electron chi connectivity index (χ1n) is 10.0. The lowest BCUT2D eigenvalue weighted by molar-refractivity contribution is -0.116. The van der Waals surface area contributed by atoms with Crippen molar-refractivity contribution >= 4 is 21.6 Å². The Morgan fingerprint density at radius 2 is 1.58 bits per heavy atom. The molecule has 3 rings (SSSR count). The summed E-state index contributed by atoms with van der Waals surface area (Å²) in [5.41, 5.74) is 2.64. The fourth-order valence-corrected chi connectivity index (χ4v) is 4.11. The van der Waals surface area contributed by atoms with E-state index in [0.717, 1.165) is 11.1 Å². The van der Waals surface area contributed by atoms with Crippen LogP contribution in [0.15, 0.2) is 83.8 Å². The molecule has 162 valence electrons. The standard InChI is InChI=1S/C24H26N2O4S/c1-30-22-9-5-8-21(18-22)26-24(27)15-12-20-10-13-23(14-11-20)31(28,29)25-17-16-19-6-3-2-4-7-19/h2-11,13-14,18,25H,12,15-17H2,1H3,(H,26,27). The molecule has 0 saturated heterocycles. The van der Waals surface area contributed by atoms with Gasteiger partial charge in [-0.3, -0.25) is 4.79 Å². The number of carbonyl (C=O) groups excluding carboxylic acids is 1. The molecule has 0 aliphatic rings. The molecule has 0 bridgehead atoms. The number of sulfonamides is 1. The summed E-state index contributed by atoms with van der Waals surface area (Å²) in [4.78, 5) is 12.4. The van der Waals surface area contributed by atoms with Crippen LogP contribution >= 0.6 is 0 Å². The van der Waals surface area contributed by atoms with Gasteiger partial charge in [0.15, 0.2) is 0 Å². The van der Waals surface area contributed by atoms with Crippen molar-refractivity contribution in [3.05, 3.63) is 90.0 Å². The van der Waals surface area contributed by atoms with Gasteiger partial charge in [0.1, 0.15) is 5.75 Å². The Labute approximate surface area is 183 Å². The molecule has 0 saturated carbocycles. The largest absolute Gasteiger partial charge is 0.497 e. The number of methoxy groups -OCH3 is 1. The van der Waals surface area contributed by atoms with Crippen LogP contribution in [0.1, 0.15) is 17.5 Å². The molecule has 0 radical (unpaired) electrons. The van der Waals surface area contributed by atoms with Crippen molar-refractivity contribution in [3.63, 3.8) is 0 Å². The zero-order chi connectivity index (χ0) is 22.1. The van der Waals surface area contributed by atoms with Crippen molar-refractivity contribution in [2.24, 2.45) is 0 Å². The van der Waals surface area contributed by atoms with E-state index in [-0.39, 0.29) is 10.8 Å². The molecular formula is C24H26N2O4S. The zero-order valence-corrected chi connectivity index (χ0v) is 18.2. The number of aryl methyl sites for hydroxylation is 1. The molecular weight excluding hydrogens is 412 g/mol. The van der Waals surface area contributed by atoms with Gasteiger partial charge in [0.25, 0.3) is 0 Å². The molecule has 1 amide bonds. The molecule has 7 heteroatoms. The van der Waals surface area contributed by atoms with Gasteiger partial charge in [-0.15, -0.1) is 0 Å². The third kappa shape index (κ3) is 6.94. The first-order valence-corrected chi connectivity index (χ1v) is 11.5. The summed E-state index contributed by atoms with van der Waals surface area (Å²) in [5.74, 6) is 0.555. The molecule has 6 nitrogen and oxygen atoms in total. The topological polar surface area (TPSA) is 84.5 Å². The number of hydrogen-bond donors (Lipinski definition) is 2. The molecule has 0 unspecified atom stereocenters. The number of rotatable bonds is 10. The molecule has 0 aliphatic carbocycles. The summed E-state index contributed by atoms with van der Waals surface area (Å²) in [7, 11) is -1.99. The highest BCUT2D eigenvalue weighted by atomic mass is 32.2. The first-order chi connectivity index (χ1) is 15.0. The van der Waals surface area contributed by atoms with E-state index >= 15 is 0 Å². The van der Waals surface area contributed by atoms with Crippen molar-refractivity contribution in [1.29, 1.82) is 0 Å². The molecule has 2 N–H and O–H groups in total. The second-order valence-corrected chi connectivity index (χ2v) is 8.82. The predicted octanol–water partition coefficient (Wildman–Crippen LogP) is 3.79. The van der Waals surface area contributed by atoms with Crippen LogP contribution in [0.4, 0.5) is 5.69 Å². The molecule has 0 heterocycles. The van der Waals surface area contributed by atoms with Crippen LogP contribution < -0.4 is 14.8 Å². The van der Waals surface area contributed by atoms with Gasteiger partial charge in [-0.2, -0.15) is 0 Å². The normalized spacial score (nSPS) is 11.1. The van der Waals surface area contributed by atoms with E-state index in [0.29, 0.717) is 37.2 Å². The maximum Gasteiger partial charge on any atom is 0.240 e. The quantitative estimate of drug-likeness (QED) is 0.504. The summed E-state index contributed by atoms with van der Waals surface area (Å²) in [6, 6.07) is 23.5. The van der Waals surface area contributed by atoms with E-state index in [1.54, 1.807) is 43.5 Å². The van der Waals surface area contributed by atoms with Gasteiger partial charge in [-0.25, -0.2) is 13.1 Å². The lowest BCUT2D eigenvalue weighted by atomic mass is 10.1. The summed E-state index contributed by atoms with van der Waals surface area (Å²) < 4.78 is 32.7. The molecule has 0 aliphatic heterocycles. The molecule has 0 fully saturated rings. The minimum absolute atomic E-state index is 0.118. The third-order valence-electron chi connectivity index (χ3n) is 4.78. The summed E-state index contributed by atoms with van der Waals surface area (Å²) in [6.07, 6.45) is 1.43. The Hall–Kier alpha value is -3.16. The van der Waals surface area contributed by atoms with E-state index in [9.17, 15) is 13.2 Å². The van der Waals surface area contributed by atoms with Crippen LogP contribution in [0, 0.1) is 0 Å². The van der Waals surface area contributed by atoms with Gasteiger partial charge in [-0.1, -0.05) is 48.5 Å². The smallest absolute Gasteiger partial charge is 0.240 e. The van der Waals surface area contributed by atoms with Crippen molar-refractivity contribution in [2.75, 3.05) is 19.0 Å². The molecule has 0 spiro atoms. The summed E-state index contributed by atoms with van der Waals surface area (Å²) in [5, 5.41) is 2.83. The maximum atomic E-state index is 12.5. The molecule has 31 heavy (non-hydrogen) atoms. The second-order valence-electron chi connectivity index (χ2n) is 7.06. The highest BCUT2D eigenvalue weighted by Gasteiger charge is 2.13. The Morgan fingerprint density at radius 3 is 2.29 bits per heavy atom. The summed E-state index contributed by atoms with van der Waals surface area (Å²) in [6.45, 7) is 0.332. The fraction of sp³-hybridized carbons (Fsp3) is 0.208. The third-order valence-corrected chi connectivity index (χ3v) is 6.25. The SMILES string of the molecule is COc1cccc(NC(=O)CCc2ccc(S(=O)(=O)NCCc3ccccc3)cc2)c1. The Bertz CT molecular complexity index is 1100. The van der Waals surface area contributed by atoms with Crippen LogP contribution in [0.25, 0.3) is 0 Å². The Balaban J connectivity index is 1.49. The van der Waals surface area contributed by atoms with E-state index in [2.05, 4.69) is 10.0 Å². The predicted molar refractivity (Wildman–Crippen MR) is 122 cm³/mol. The van der Waals surface area contributed by atoms with Gasteiger partial charge in [-0.05, 0) is 48.2 Å². The highest BCUT2D eigenvalue weighted by molar-refractivity contribution is 7.89. The lowest BCUT2D eigenvalue weighted by Crippen LogP contribution is -2.26. The van der Waals surface area contributed by atoms with Gasteiger partial charge >= 0.3 is 0 Å². The lowest BCUT2D eigenvalue weighted by Gasteiger charge is -2.09. The highest BCUT2D eigenvalue weighted by Crippen LogP contribution is 2.17. The van der Waals surface area contributed by atoms with Gasteiger partial charge in [0.05, 0.1) is 12.0 Å². The van der Waals surface area contributed by atoms with Crippen LogP contribution in [0.5, 0.6) is 5.75 Å². The Kier molecular flexibility index (Phi) is 7.81. The monoisotopic (exact) mass is 438 g/mol. The average Bonchev–Trinajstić information content (AvgIpc) is 2.79. The van der Waals surface area contributed by atoms with E-state index in [1.165, 1.54) is 0 Å². The second kappa shape index (κ2) is 10.7. The molecule has 3 aromatic carbocycles. The molecule has 0 aromatic heterocycles. The van der Waals surface area contributed by atoms with Gasteiger partial charge in [0, 0.05) is 24.7 Å². The minimum Gasteiger partial charge on any atom is -0.497 e. The van der Waals surface area contributed by atoms with Gasteiger partial charge < -0.3 is 10.1 Å². The minimum atomic E-state index is -3.57.